The fourth-order valence-electron chi connectivity index (χ4n) is 1.56. The molecule has 0 spiro atoms. The van der Waals surface area contributed by atoms with Crippen LogP contribution in [0, 0.1) is 5.92 Å². The average molecular weight is 239 g/mol. The predicted molar refractivity (Wildman–Crippen MR) is 66.2 cm³/mol. The summed E-state index contributed by atoms with van der Waals surface area (Å²) in [7, 11) is 0. The van der Waals surface area contributed by atoms with E-state index >= 15 is 0 Å². The van der Waals surface area contributed by atoms with E-state index in [2.05, 4.69) is 11.4 Å². The van der Waals surface area contributed by atoms with Gasteiger partial charge in [-0.2, -0.15) is 0 Å². The number of amides is 2. The van der Waals surface area contributed by atoms with Gasteiger partial charge in [0.25, 0.3) is 0 Å². The van der Waals surface area contributed by atoms with E-state index in [0.717, 1.165) is 13.0 Å². The summed E-state index contributed by atoms with van der Waals surface area (Å²) in [5.41, 5.74) is 5.68. The zero-order chi connectivity index (χ0) is 12.8. The number of hydrogen-bond donors (Lipinski definition) is 2. The van der Waals surface area contributed by atoms with Crippen molar-refractivity contribution in [3.05, 3.63) is 12.2 Å². The minimum Gasteiger partial charge on any atom is -0.346 e. The second-order valence-electron chi connectivity index (χ2n) is 4.59. The fraction of sp³-hybridized carbons (Fsp3) is 0.667. The SMILES string of the molecule is CC(C)[C@H](N)C(=O)NCC(=O)N1CC=CCC1. The van der Waals surface area contributed by atoms with Gasteiger partial charge in [0, 0.05) is 13.1 Å². The Labute approximate surface area is 102 Å². The molecule has 0 aromatic rings. The van der Waals surface area contributed by atoms with Crippen molar-refractivity contribution in [2.45, 2.75) is 26.3 Å². The van der Waals surface area contributed by atoms with E-state index in [-0.39, 0.29) is 24.3 Å². The first-order valence-electron chi connectivity index (χ1n) is 5.98. The Morgan fingerprint density at radius 3 is 2.65 bits per heavy atom. The molecule has 1 aliphatic rings. The topological polar surface area (TPSA) is 75.4 Å². The van der Waals surface area contributed by atoms with Crippen LogP contribution in [0.5, 0.6) is 0 Å². The van der Waals surface area contributed by atoms with Gasteiger partial charge in [-0.1, -0.05) is 26.0 Å². The summed E-state index contributed by atoms with van der Waals surface area (Å²) in [5.74, 6) is -0.248. The molecule has 1 rings (SSSR count). The van der Waals surface area contributed by atoms with Crippen LogP contribution in [0.15, 0.2) is 12.2 Å². The van der Waals surface area contributed by atoms with Gasteiger partial charge < -0.3 is 16.0 Å². The molecule has 5 heteroatoms. The van der Waals surface area contributed by atoms with Crippen molar-refractivity contribution in [1.82, 2.24) is 10.2 Å². The summed E-state index contributed by atoms with van der Waals surface area (Å²) in [6.07, 6.45) is 4.89. The second kappa shape index (κ2) is 6.39. The van der Waals surface area contributed by atoms with Crippen LogP contribution in [-0.2, 0) is 9.59 Å². The van der Waals surface area contributed by atoms with Gasteiger partial charge >= 0.3 is 0 Å². The van der Waals surface area contributed by atoms with Gasteiger partial charge in [-0.15, -0.1) is 0 Å². The normalized spacial score (nSPS) is 17.1. The van der Waals surface area contributed by atoms with E-state index in [1.54, 1.807) is 4.90 Å². The van der Waals surface area contributed by atoms with Crippen LogP contribution in [0.1, 0.15) is 20.3 Å². The molecule has 0 bridgehead atoms. The van der Waals surface area contributed by atoms with Crippen LogP contribution in [0.3, 0.4) is 0 Å². The third kappa shape index (κ3) is 4.19. The largest absolute Gasteiger partial charge is 0.346 e. The van der Waals surface area contributed by atoms with Crippen LogP contribution < -0.4 is 11.1 Å². The lowest BCUT2D eigenvalue weighted by molar-refractivity contribution is -0.133. The maximum absolute atomic E-state index is 11.7. The van der Waals surface area contributed by atoms with E-state index in [1.807, 2.05) is 19.9 Å². The van der Waals surface area contributed by atoms with Crippen molar-refractivity contribution in [1.29, 1.82) is 0 Å². The lowest BCUT2D eigenvalue weighted by atomic mass is 10.1. The van der Waals surface area contributed by atoms with Crippen molar-refractivity contribution in [2.75, 3.05) is 19.6 Å². The van der Waals surface area contributed by atoms with Crippen LogP contribution >= 0.6 is 0 Å². The molecular weight excluding hydrogens is 218 g/mol. The molecule has 0 aliphatic carbocycles. The highest BCUT2D eigenvalue weighted by molar-refractivity contribution is 5.87. The first-order chi connectivity index (χ1) is 8.02. The van der Waals surface area contributed by atoms with Gasteiger partial charge in [-0.3, -0.25) is 9.59 Å². The molecule has 17 heavy (non-hydrogen) atoms. The van der Waals surface area contributed by atoms with Gasteiger partial charge in [0.15, 0.2) is 0 Å². The number of rotatable bonds is 4. The van der Waals surface area contributed by atoms with E-state index in [1.165, 1.54) is 0 Å². The molecule has 2 amide bonds. The van der Waals surface area contributed by atoms with Crippen LogP contribution in [-0.4, -0.2) is 42.4 Å². The van der Waals surface area contributed by atoms with Crippen molar-refractivity contribution in [2.24, 2.45) is 11.7 Å². The summed E-state index contributed by atoms with van der Waals surface area (Å²) in [6.45, 7) is 5.14. The number of carbonyl (C=O) groups is 2. The van der Waals surface area contributed by atoms with E-state index in [4.69, 9.17) is 5.73 Å². The van der Waals surface area contributed by atoms with Crippen molar-refractivity contribution in [3.8, 4) is 0 Å². The summed E-state index contributed by atoms with van der Waals surface area (Å²) in [5, 5.41) is 2.58. The van der Waals surface area contributed by atoms with Gasteiger partial charge in [-0.05, 0) is 12.3 Å². The molecule has 0 unspecified atom stereocenters. The molecule has 1 aliphatic heterocycles. The summed E-state index contributed by atoms with van der Waals surface area (Å²) in [6, 6.07) is -0.552. The molecule has 1 atom stereocenters. The number of hydrogen-bond acceptors (Lipinski definition) is 3. The Morgan fingerprint density at radius 2 is 2.12 bits per heavy atom. The molecule has 0 saturated carbocycles. The number of nitrogens with one attached hydrogen (secondary N) is 1. The second-order valence-corrected chi connectivity index (χ2v) is 4.59. The van der Waals surface area contributed by atoms with Gasteiger partial charge in [-0.25, -0.2) is 0 Å². The highest BCUT2D eigenvalue weighted by Crippen LogP contribution is 2.01. The first-order valence-corrected chi connectivity index (χ1v) is 5.98. The van der Waals surface area contributed by atoms with E-state index in [9.17, 15) is 9.59 Å². The van der Waals surface area contributed by atoms with E-state index < -0.39 is 6.04 Å². The minimum atomic E-state index is -0.552. The zero-order valence-corrected chi connectivity index (χ0v) is 10.5. The molecule has 0 fully saturated rings. The standard InChI is InChI=1S/C12H21N3O2/c1-9(2)11(13)12(17)14-8-10(16)15-6-4-3-5-7-15/h3-4,9,11H,5-8,13H2,1-2H3,(H,14,17)/t11-/m0/s1. The molecule has 0 aromatic heterocycles. The maximum atomic E-state index is 11.7. The van der Waals surface area contributed by atoms with E-state index in [0.29, 0.717) is 6.54 Å². The zero-order valence-electron chi connectivity index (χ0n) is 10.5. The van der Waals surface area contributed by atoms with Crippen LogP contribution in [0.2, 0.25) is 0 Å². The highest BCUT2D eigenvalue weighted by Gasteiger charge is 2.19. The summed E-state index contributed by atoms with van der Waals surface area (Å²) < 4.78 is 0. The fourth-order valence-corrected chi connectivity index (χ4v) is 1.56. The number of nitrogens with two attached hydrogens (primary N) is 1. The van der Waals surface area contributed by atoms with Crippen LogP contribution in [0.4, 0.5) is 0 Å². The Hall–Kier alpha value is -1.36. The van der Waals surface area contributed by atoms with Crippen molar-refractivity contribution >= 4 is 11.8 Å². The smallest absolute Gasteiger partial charge is 0.242 e. The first kappa shape index (κ1) is 13.7. The third-order valence-electron chi connectivity index (χ3n) is 2.85. The molecule has 5 nitrogen and oxygen atoms in total. The van der Waals surface area contributed by atoms with Gasteiger partial charge in [0.1, 0.15) is 0 Å². The van der Waals surface area contributed by atoms with Crippen molar-refractivity contribution in [3.63, 3.8) is 0 Å². The molecule has 0 radical (unpaired) electrons. The number of nitrogens with zero attached hydrogens (tertiary/aromatic N) is 1. The molecule has 96 valence electrons. The van der Waals surface area contributed by atoms with Gasteiger partial charge in [0.2, 0.25) is 11.8 Å². The Kier molecular flexibility index (Phi) is 5.15. The third-order valence-corrected chi connectivity index (χ3v) is 2.85. The highest BCUT2D eigenvalue weighted by atomic mass is 16.2. The lowest BCUT2D eigenvalue weighted by Gasteiger charge is -2.24. The monoisotopic (exact) mass is 239 g/mol. The average Bonchev–Trinajstić information content (AvgIpc) is 2.35. The number of carbonyl (C=O) groups excluding carboxylic acids is 2. The summed E-state index contributed by atoms with van der Waals surface area (Å²) in [4.78, 5) is 25.0. The summed E-state index contributed by atoms with van der Waals surface area (Å²) >= 11 is 0. The molecular formula is C12H21N3O2. The predicted octanol–water partition coefficient (Wildman–Crippen LogP) is -0.126. The molecule has 0 saturated heterocycles. The Morgan fingerprint density at radius 1 is 1.41 bits per heavy atom. The molecule has 1 heterocycles. The lowest BCUT2D eigenvalue weighted by Crippen LogP contribution is -2.48. The quantitative estimate of drug-likeness (QED) is 0.671. The maximum Gasteiger partial charge on any atom is 0.242 e. The van der Waals surface area contributed by atoms with Crippen LogP contribution in [0.25, 0.3) is 0 Å². The Bertz CT molecular complexity index is 313. The van der Waals surface area contributed by atoms with Crippen molar-refractivity contribution < 1.29 is 9.59 Å². The molecule has 3 N–H and O–H groups in total. The molecule has 0 aromatic carbocycles. The van der Waals surface area contributed by atoms with Gasteiger partial charge in [0.05, 0.1) is 12.6 Å². The minimum absolute atomic E-state index is 0.0348. The Balaban J connectivity index is 2.32.